The standard InChI is InChI=1S/C11H14N2O3S/c1-6(2)5-17-9-8(10(14)16-4)7(3)12-11(15)13-9/h1,5H2,2-4H3,(H,12,13,15). The second-order valence-electron chi connectivity index (χ2n) is 3.58. The Bertz CT molecular complexity index is 508. The average molecular weight is 254 g/mol. The van der Waals surface area contributed by atoms with E-state index in [0.717, 1.165) is 5.57 Å². The predicted molar refractivity (Wildman–Crippen MR) is 66.5 cm³/mol. The first-order valence-corrected chi connectivity index (χ1v) is 5.90. The number of carbonyl (C=O) groups excluding carboxylic acids is 1. The van der Waals surface area contributed by atoms with E-state index in [1.807, 2.05) is 6.92 Å². The fraction of sp³-hybridized carbons (Fsp3) is 0.364. The first kappa shape index (κ1) is 13.5. The molecule has 0 saturated heterocycles. The quantitative estimate of drug-likeness (QED) is 0.382. The number of thioether (sulfide) groups is 1. The third kappa shape index (κ3) is 3.45. The Balaban J connectivity index is 3.20. The largest absolute Gasteiger partial charge is 0.465 e. The Morgan fingerprint density at radius 3 is 2.76 bits per heavy atom. The van der Waals surface area contributed by atoms with Gasteiger partial charge in [-0.15, -0.1) is 11.8 Å². The highest BCUT2D eigenvalue weighted by molar-refractivity contribution is 7.99. The summed E-state index contributed by atoms with van der Waals surface area (Å²) < 4.78 is 4.67. The molecule has 0 radical (unpaired) electrons. The summed E-state index contributed by atoms with van der Waals surface area (Å²) in [5.74, 6) is 0.0929. The minimum atomic E-state index is -0.504. The molecule has 0 unspecified atom stereocenters. The SMILES string of the molecule is C=C(C)CSc1nc(=O)[nH]c(C)c1C(=O)OC. The number of aromatic amines is 1. The number of hydrogen-bond donors (Lipinski definition) is 1. The van der Waals surface area contributed by atoms with Crippen LogP contribution in [0.5, 0.6) is 0 Å². The first-order chi connectivity index (χ1) is 7.95. The van der Waals surface area contributed by atoms with Gasteiger partial charge in [0.05, 0.1) is 7.11 Å². The van der Waals surface area contributed by atoms with Crippen LogP contribution in [0.2, 0.25) is 0 Å². The van der Waals surface area contributed by atoms with Gasteiger partial charge in [-0.05, 0) is 13.8 Å². The van der Waals surface area contributed by atoms with Crippen molar-refractivity contribution in [2.24, 2.45) is 0 Å². The maximum Gasteiger partial charge on any atom is 0.346 e. The second-order valence-corrected chi connectivity index (χ2v) is 4.55. The molecule has 1 aromatic rings. The van der Waals surface area contributed by atoms with Crippen LogP contribution >= 0.6 is 11.8 Å². The van der Waals surface area contributed by atoms with Gasteiger partial charge in [-0.25, -0.2) is 9.59 Å². The summed E-state index contributed by atoms with van der Waals surface area (Å²) in [6, 6.07) is 0. The molecule has 0 atom stereocenters. The predicted octanol–water partition coefficient (Wildman–Crippen LogP) is 1.53. The number of nitrogens with one attached hydrogen (secondary N) is 1. The number of methoxy groups -OCH3 is 1. The number of aryl methyl sites for hydroxylation is 1. The van der Waals surface area contributed by atoms with E-state index in [1.54, 1.807) is 6.92 Å². The monoisotopic (exact) mass is 254 g/mol. The molecule has 5 nitrogen and oxygen atoms in total. The molecule has 0 aliphatic rings. The van der Waals surface area contributed by atoms with Crippen molar-refractivity contribution >= 4 is 17.7 Å². The lowest BCUT2D eigenvalue weighted by molar-refractivity contribution is 0.0594. The Kier molecular flexibility index (Phi) is 4.51. The zero-order valence-corrected chi connectivity index (χ0v) is 10.8. The molecule has 0 fully saturated rings. The minimum Gasteiger partial charge on any atom is -0.465 e. The van der Waals surface area contributed by atoms with Gasteiger partial charge in [-0.2, -0.15) is 4.98 Å². The number of H-pyrrole nitrogens is 1. The van der Waals surface area contributed by atoms with E-state index < -0.39 is 11.7 Å². The summed E-state index contributed by atoms with van der Waals surface area (Å²) in [5, 5.41) is 0.376. The molecule has 0 spiro atoms. The fourth-order valence-electron chi connectivity index (χ4n) is 1.20. The summed E-state index contributed by atoms with van der Waals surface area (Å²) in [6.07, 6.45) is 0. The lowest BCUT2D eigenvalue weighted by Crippen LogP contribution is -2.19. The van der Waals surface area contributed by atoms with Crippen LogP contribution in [0.1, 0.15) is 23.0 Å². The number of carbonyl (C=O) groups is 1. The first-order valence-electron chi connectivity index (χ1n) is 4.92. The van der Waals surface area contributed by atoms with Gasteiger partial charge in [0, 0.05) is 11.4 Å². The molecule has 6 heteroatoms. The van der Waals surface area contributed by atoms with Crippen molar-refractivity contribution in [3.8, 4) is 0 Å². The van der Waals surface area contributed by atoms with Gasteiger partial charge in [0.25, 0.3) is 0 Å². The van der Waals surface area contributed by atoms with Crippen LogP contribution in [-0.2, 0) is 4.74 Å². The van der Waals surface area contributed by atoms with Crippen molar-refractivity contribution in [3.05, 3.63) is 33.9 Å². The maximum atomic E-state index is 11.6. The summed E-state index contributed by atoms with van der Waals surface area (Å²) in [5.41, 5.74) is 1.23. The van der Waals surface area contributed by atoms with Crippen molar-refractivity contribution in [2.45, 2.75) is 18.9 Å². The molecule has 92 valence electrons. The molecule has 0 aromatic carbocycles. The van der Waals surface area contributed by atoms with Crippen LogP contribution in [0.25, 0.3) is 0 Å². The summed E-state index contributed by atoms with van der Waals surface area (Å²) >= 11 is 1.30. The van der Waals surface area contributed by atoms with Crippen molar-refractivity contribution in [1.82, 2.24) is 9.97 Å². The van der Waals surface area contributed by atoms with Crippen molar-refractivity contribution in [3.63, 3.8) is 0 Å². The van der Waals surface area contributed by atoms with Crippen LogP contribution in [0.3, 0.4) is 0 Å². The van der Waals surface area contributed by atoms with Gasteiger partial charge in [0.1, 0.15) is 10.6 Å². The van der Waals surface area contributed by atoms with Gasteiger partial charge in [-0.3, -0.25) is 0 Å². The van der Waals surface area contributed by atoms with Crippen LogP contribution in [0.4, 0.5) is 0 Å². The normalized spacial score (nSPS) is 10.1. The zero-order valence-electron chi connectivity index (χ0n) is 9.99. The van der Waals surface area contributed by atoms with E-state index in [1.165, 1.54) is 18.9 Å². The van der Waals surface area contributed by atoms with E-state index in [2.05, 4.69) is 21.3 Å². The lowest BCUT2D eigenvalue weighted by atomic mass is 10.2. The number of rotatable bonds is 4. The van der Waals surface area contributed by atoms with E-state index in [4.69, 9.17) is 0 Å². The summed E-state index contributed by atoms with van der Waals surface area (Å²) in [4.78, 5) is 29.1. The summed E-state index contributed by atoms with van der Waals surface area (Å²) in [7, 11) is 1.29. The van der Waals surface area contributed by atoms with Crippen molar-refractivity contribution in [1.29, 1.82) is 0 Å². The average Bonchev–Trinajstić information content (AvgIpc) is 2.24. The molecular weight excluding hydrogens is 240 g/mol. The van der Waals surface area contributed by atoms with Crippen LogP contribution in [0.15, 0.2) is 22.0 Å². The third-order valence-electron chi connectivity index (χ3n) is 1.93. The van der Waals surface area contributed by atoms with E-state index in [9.17, 15) is 9.59 Å². The Morgan fingerprint density at radius 2 is 2.24 bits per heavy atom. The van der Waals surface area contributed by atoms with Crippen molar-refractivity contribution < 1.29 is 9.53 Å². The van der Waals surface area contributed by atoms with Gasteiger partial charge in [0.2, 0.25) is 0 Å². The molecule has 0 saturated carbocycles. The zero-order chi connectivity index (χ0) is 13.0. The Labute approximate surface area is 103 Å². The maximum absolute atomic E-state index is 11.6. The van der Waals surface area contributed by atoms with Gasteiger partial charge in [0.15, 0.2) is 0 Å². The third-order valence-corrected chi connectivity index (χ3v) is 3.14. The molecule has 0 aliphatic heterocycles. The van der Waals surface area contributed by atoms with Gasteiger partial charge >= 0.3 is 11.7 Å². The molecule has 0 bridgehead atoms. The Hall–Kier alpha value is -1.56. The highest BCUT2D eigenvalue weighted by Crippen LogP contribution is 2.22. The molecule has 0 aliphatic carbocycles. The second kappa shape index (κ2) is 5.67. The Morgan fingerprint density at radius 1 is 1.59 bits per heavy atom. The number of ether oxygens (including phenoxy) is 1. The molecule has 1 aromatic heterocycles. The molecule has 1 heterocycles. The molecule has 0 amide bonds. The minimum absolute atomic E-state index is 0.304. The molecular formula is C11H14N2O3S. The number of hydrogen-bond acceptors (Lipinski definition) is 5. The fourth-order valence-corrected chi connectivity index (χ4v) is 2.11. The lowest BCUT2D eigenvalue weighted by Gasteiger charge is -2.08. The smallest absolute Gasteiger partial charge is 0.346 e. The summed E-state index contributed by atoms with van der Waals surface area (Å²) in [6.45, 7) is 7.26. The van der Waals surface area contributed by atoms with Gasteiger partial charge in [-0.1, -0.05) is 12.2 Å². The van der Waals surface area contributed by atoms with E-state index in [0.29, 0.717) is 22.0 Å². The van der Waals surface area contributed by atoms with Crippen LogP contribution in [-0.4, -0.2) is 28.8 Å². The van der Waals surface area contributed by atoms with Crippen LogP contribution in [0, 0.1) is 6.92 Å². The topological polar surface area (TPSA) is 72.0 Å². The van der Waals surface area contributed by atoms with Crippen molar-refractivity contribution in [2.75, 3.05) is 12.9 Å². The molecule has 1 rings (SSSR count). The van der Waals surface area contributed by atoms with E-state index in [-0.39, 0.29) is 0 Å². The highest BCUT2D eigenvalue weighted by Gasteiger charge is 2.18. The van der Waals surface area contributed by atoms with Gasteiger partial charge < -0.3 is 9.72 Å². The number of esters is 1. The highest BCUT2D eigenvalue weighted by atomic mass is 32.2. The van der Waals surface area contributed by atoms with Crippen LogP contribution < -0.4 is 5.69 Å². The number of aromatic nitrogens is 2. The number of nitrogens with zero attached hydrogens (tertiary/aromatic N) is 1. The molecule has 17 heavy (non-hydrogen) atoms. The van der Waals surface area contributed by atoms with E-state index >= 15 is 0 Å². The molecule has 1 N–H and O–H groups in total.